The molecule has 0 N–H and O–H groups in total. The third kappa shape index (κ3) is 7.99. The van der Waals surface area contributed by atoms with Gasteiger partial charge in [0, 0.05) is 5.54 Å². The standard InChI is InChI=1S/C23H40NO6P/c1-11-27-31(26,28-12-2)21(22(5,6)7)24(23(8,9)10)30-18(4)20(25)29-19-15-13-17(3)14-16-19/h13-16,18,21H,11-12H2,1-10H3. The molecule has 1 aromatic carbocycles. The first kappa shape index (κ1) is 27.8. The van der Waals surface area contributed by atoms with E-state index in [9.17, 15) is 9.36 Å². The van der Waals surface area contributed by atoms with Gasteiger partial charge in [0.1, 0.15) is 11.5 Å². The van der Waals surface area contributed by atoms with Crippen LogP contribution in [-0.2, 0) is 23.2 Å². The zero-order chi connectivity index (χ0) is 24.0. The summed E-state index contributed by atoms with van der Waals surface area (Å²) < 4.78 is 30.7. The van der Waals surface area contributed by atoms with Gasteiger partial charge in [-0.1, -0.05) is 38.5 Å². The second-order valence-corrected chi connectivity index (χ2v) is 11.7. The van der Waals surface area contributed by atoms with E-state index < -0.39 is 36.4 Å². The molecule has 1 rings (SSSR count). The molecule has 0 aliphatic carbocycles. The molecule has 8 heteroatoms. The number of aryl methyl sites for hydroxylation is 1. The van der Waals surface area contributed by atoms with Gasteiger partial charge in [0.2, 0.25) is 0 Å². The fourth-order valence-electron chi connectivity index (χ4n) is 3.09. The number of ether oxygens (including phenoxy) is 1. The SMILES string of the molecule is CCOP(=O)(OCC)C(N(OC(C)C(=O)Oc1ccc(C)cc1)C(C)(C)C)C(C)(C)C. The summed E-state index contributed by atoms with van der Waals surface area (Å²) in [5.41, 5.74) is -0.0906. The number of benzene rings is 1. The highest BCUT2D eigenvalue weighted by Crippen LogP contribution is 2.60. The average molecular weight is 458 g/mol. The molecule has 0 radical (unpaired) electrons. The lowest BCUT2D eigenvalue weighted by molar-refractivity contribution is -0.261. The number of carbonyl (C=O) groups is 1. The molecule has 0 spiro atoms. The van der Waals surface area contributed by atoms with Crippen LogP contribution >= 0.6 is 7.60 Å². The molecular formula is C23H40NO6P. The van der Waals surface area contributed by atoms with Crippen molar-refractivity contribution in [2.24, 2.45) is 5.41 Å². The maximum atomic E-state index is 13.8. The lowest BCUT2D eigenvalue weighted by Gasteiger charge is -2.47. The number of hydroxylamine groups is 2. The van der Waals surface area contributed by atoms with E-state index in [4.69, 9.17) is 18.6 Å². The lowest BCUT2D eigenvalue weighted by atomic mass is 9.94. The van der Waals surface area contributed by atoms with E-state index in [1.165, 1.54) is 0 Å². The van der Waals surface area contributed by atoms with Crippen molar-refractivity contribution in [3.8, 4) is 5.75 Å². The zero-order valence-electron chi connectivity index (χ0n) is 20.7. The highest BCUT2D eigenvalue weighted by molar-refractivity contribution is 7.54. The molecule has 0 fully saturated rings. The Morgan fingerprint density at radius 3 is 1.87 bits per heavy atom. The minimum absolute atomic E-state index is 0.229. The summed E-state index contributed by atoms with van der Waals surface area (Å²) in [5.74, 6) is -0.863. The number of rotatable bonds is 10. The Kier molecular flexibility index (Phi) is 9.92. The molecule has 0 heterocycles. The third-order valence-electron chi connectivity index (χ3n) is 4.42. The number of nitrogens with zero attached hydrogens (tertiary/aromatic N) is 1. The number of carbonyl (C=O) groups excluding carboxylic acids is 1. The van der Waals surface area contributed by atoms with E-state index >= 15 is 0 Å². The van der Waals surface area contributed by atoms with Crippen LogP contribution < -0.4 is 4.74 Å². The van der Waals surface area contributed by atoms with Crippen LogP contribution in [0.1, 0.15) is 67.9 Å². The van der Waals surface area contributed by atoms with Crippen LogP contribution in [0, 0.1) is 12.3 Å². The summed E-state index contributed by atoms with van der Waals surface area (Å²) in [6.45, 7) is 19.2. The first-order valence-corrected chi connectivity index (χ1v) is 12.4. The Bertz CT molecular complexity index is 741. The predicted molar refractivity (Wildman–Crippen MR) is 123 cm³/mol. The van der Waals surface area contributed by atoms with Crippen LogP contribution in [0.2, 0.25) is 0 Å². The molecule has 7 nitrogen and oxygen atoms in total. The van der Waals surface area contributed by atoms with Gasteiger partial charge in [-0.2, -0.15) is 5.06 Å². The van der Waals surface area contributed by atoms with Crippen molar-refractivity contribution in [1.29, 1.82) is 0 Å². The van der Waals surface area contributed by atoms with Crippen molar-refractivity contribution in [3.05, 3.63) is 29.8 Å². The minimum Gasteiger partial charge on any atom is -0.425 e. The van der Waals surface area contributed by atoms with Gasteiger partial charge in [-0.05, 0) is 66.0 Å². The molecule has 2 unspecified atom stereocenters. The first-order chi connectivity index (χ1) is 14.2. The monoisotopic (exact) mass is 457 g/mol. The van der Waals surface area contributed by atoms with Crippen molar-refractivity contribution in [2.45, 2.75) is 86.7 Å². The summed E-state index contributed by atoms with van der Waals surface area (Å²) in [6.07, 6.45) is -0.943. The molecule has 0 saturated carbocycles. The van der Waals surface area contributed by atoms with Crippen LogP contribution in [-0.4, -0.2) is 41.7 Å². The predicted octanol–water partition coefficient (Wildman–Crippen LogP) is 5.96. The van der Waals surface area contributed by atoms with Crippen LogP contribution in [0.3, 0.4) is 0 Å². The van der Waals surface area contributed by atoms with E-state index in [0.717, 1.165) is 5.56 Å². The Labute approximate surface area is 187 Å². The molecule has 0 bridgehead atoms. The fraction of sp³-hybridized carbons (Fsp3) is 0.696. The Morgan fingerprint density at radius 2 is 1.48 bits per heavy atom. The normalized spacial score (nSPS) is 15.1. The van der Waals surface area contributed by atoms with E-state index in [1.807, 2.05) is 60.6 Å². The summed E-state index contributed by atoms with van der Waals surface area (Å²) in [6, 6.07) is 7.20. The van der Waals surface area contributed by atoms with Crippen molar-refractivity contribution in [1.82, 2.24) is 5.06 Å². The second-order valence-electron chi connectivity index (χ2n) is 9.59. The molecule has 0 aliphatic rings. The quantitative estimate of drug-likeness (QED) is 0.186. The molecule has 1 aromatic rings. The largest absolute Gasteiger partial charge is 0.425 e. The summed E-state index contributed by atoms with van der Waals surface area (Å²) >= 11 is 0. The molecule has 178 valence electrons. The summed E-state index contributed by atoms with van der Waals surface area (Å²) in [7, 11) is -3.61. The van der Waals surface area contributed by atoms with Crippen LogP contribution in [0.4, 0.5) is 0 Å². The maximum Gasteiger partial charge on any atom is 0.350 e. The maximum absolute atomic E-state index is 13.8. The highest BCUT2D eigenvalue weighted by Gasteiger charge is 2.52. The number of esters is 1. The third-order valence-corrected chi connectivity index (χ3v) is 7.24. The lowest BCUT2D eigenvalue weighted by Crippen LogP contribution is -2.55. The topological polar surface area (TPSA) is 74.3 Å². The van der Waals surface area contributed by atoms with Gasteiger partial charge in [-0.15, -0.1) is 0 Å². The average Bonchev–Trinajstić information content (AvgIpc) is 2.61. The van der Waals surface area contributed by atoms with E-state index in [0.29, 0.717) is 5.75 Å². The smallest absolute Gasteiger partial charge is 0.350 e. The van der Waals surface area contributed by atoms with Crippen molar-refractivity contribution in [3.63, 3.8) is 0 Å². The van der Waals surface area contributed by atoms with Crippen molar-refractivity contribution < 1.29 is 28.0 Å². The van der Waals surface area contributed by atoms with Gasteiger partial charge in [-0.3, -0.25) is 9.40 Å². The van der Waals surface area contributed by atoms with Gasteiger partial charge in [0.25, 0.3) is 0 Å². The van der Waals surface area contributed by atoms with E-state index in [-0.39, 0.29) is 13.2 Å². The van der Waals surface area contributed by atoms with Crippen molar-refractivity contribution >= 4 is 13.6 Å². The van der Waals surface area contributed by atoms with Crippen LogP contribution in [0.25, 0.3) is 0 Å². The van der Waals surface area contributed by atoms with Crippen LogP contribution in [0.5, 0.6) is 5.75 Å². The van der Waals surface area contributed by atoms with Gasteiger partial charge in [0.15, 0.2) is 6.10 Å². The second kappa shape index (κ2) is 11.1. The molecule has 0 aromatic heterocycles. The molecule has 2 atom stereocenters. The van der Waals surface area contributed by atoms with Gasteiger partial charge < -0.3 is 13.8 Å². The van der Waals surface area contributed by atoms with Crippen molar-refractivity contribution in [2.75, 3.05) is 13.2 Å². The Balaban J connectivity index is 3.25. The molecule has 0 amide bonds. The molecular weight excluding hydrogens is 417 g/mol. The zero-order valence-corrected chi connectivity index (χ0v) is 21.6. The number of hydrogen-bond donors (Lipinski definition) is 0. The molecule has 0 saturated heterocycles. The van der Waals surface area contributed by atoms with Gasteiger partial charge in [0.05, 0.1) is 13.2 Å². The Morgan fingerprint density at radius 1 is 1.00 bits per heavy atom. The number of hydrogen-bond acceptors (Lipinski definition) is 7. The van der Waals surface area contributed by atoms with Crippen LogP contribution in [0.15, 0.2) is 24.3 Å². The molecule has 0 aliphatic heterocycles. The molecule has 31 heavy (non-hydrogen) atoms. The minimum atomic E-state index is -3.61. The van der Waals surface area contributed by atoms with E-state index in [1.54, 1.807) is 38.0 Å². The fourth-order valence-corrected chi connectivity index (χ4v) is 5.78. The van der Waals surface area contributed by atoms with Gasteiger partial charge >= 0.3 is 13.6 Å². The van der Waals surface area contributed by atoms with E-state index in [2.05, 4.69) is 0 Å². The first-order valence-electron chi connectivity index (χ1n) is 10.8. The summed E-state index contributed by atoms with van der Waals surface area (Å²) in [5, 5.41) is 1.58. The van der Waals surface area contributed by atoms with Gasteiger partial charge in [-0.25, -0.2) is 4.79 Å². The summed E-state index contributed by atoms with van der Waals surface area (Å²) in [4.78, 5) is 18.9. The highest BCUT2D eigenvalue weighted by atomic mass is 31.2. The Hall–Kier alpha value is -1.24.